The number of unbranched alkanes of at least 4 members (excludes halogenated alkanes) is 18. The molecule has 11 rings (SSSR count). The fraction of sp³-hybridized carbons (Fsp3) is 0.455. The number of rotatable bonds is 35. The maximum Gasteiger partial charge on any atom is 0.118 e. The highest BCUT2D eigenvalue weighted by molar-refractivity contribution is 6.30. The average molecular weight is 1220 g/mol. The van der Waals surface area contributed by atoms with Crippen LogP contribution in [0.4, 0.5) is 0 Å². The van der Waals surface area contributed by atoms with Gasteiger partial charge in [-0.1, -0.05) is 304 Å². The molecule has 0 spiro atoms. The largest absolute Gasteiger partial charge is 0.497 e. The number of hydrogen-bond donors (Lipinski definition) is 0. The summed E-state index contributed by atoms with van der Waals surface area (Å²) in [6.45, 7) is 14.2. The van der Waals surface area contributed by atoms with Crippen molar-refractivity contribution in [3.8, 4) is 83.6 Å². The van der Waals surface area contributed by atoms with Crippen molar-refractivity contribution in [2.75, 3.05) is 7.11 Å². The molecule has 0 atom stereocenters. The Morgan fingerprint density at radius 3 is 0.656 bits per heavy atom. The molecule has 8 aromatic carbocycles. The summed E-state index contributed by atoms with van der Waals surface area (Å²) in [5, 5.41) is 0.789. The third kappa shape index (κ3) is 13.4. The van der Waals surface area contributed by atoms with Gasteiger partial charge in [0, 0.05) is 21.3 Å². The van der Waals surface area contributed by atoms with E-state index in [4.69, 9.17) is 16.3 Å². The van der Waals surface area contributed by atoms with E-state index in [0.29, 0.717) is 0 Å². The molecule has 0 unspecified atom stereocenters. The third-order valence-corrected chi connectivity index (χ3v) is 22.3. The van der Waals surface area contributed by atoms with E-state index in [0.717, 1.165) is 10.8 Å². The van der Waals surface area contributed by atoms with E-state index in [2.05, 4.69) is 199 Å². The number of fused-ring (bicyclic) bond motifs is 9. The molecule has 8 aromatic rings. The Kier molecular flexibility index (Phi) is 22.2. The van der Waals surface area contributed by atoms with Crippen LogP contribution < -0.4 is 4.74 Å². The lowest BCUT2D eigenvalue weighted by molar-refractivity contribution is 0.400. The van der Waals surface area contributed by atoms with Crippen LogP contribution in [0, 0.1) is 0 Å². The van der Waals surface area contributed by atoms with E-state index in [1.807, 2.05) is 0 Å². The van der Waals surface area contributed by atoms with Crippen molar-refractivity contribution in [1.29, 1.82) is 0 Å². The second-order valence-electron chi connectivity index (χ2n) is 27.9. The van der Waals surface area contributed by atoms with Gasteiger partial charge in [-0.25, -0.2) is 0 Å². The van der Waals surface area contributed by atoms with Gasteiger partial charge in [0.1, 0.15) is 5.75 Å². The SMILES string of the molecule is CCCCCCC1(CCCCCC)c2cc(-c3ccc(Cl)cc3)ccc2-c2ccc(-c3ccc4c(c3)C(CCCCCC)(CCCCCC)c3cc(-c5ccc6c(c5)C(CCCCCC)(CCCCCC)c5cc(-c7ccc(OC)cc7)ccc5-6)ccc3-4)cc21. The maximum absolute atomic E-state index is 6.49. The fourth-order valence-corrected chi connectivity index (χ4v) is 17.2. The van der Waals surface area contributed by atoms with Crippen LogP contribution in [0.2, 0.25) is 5.02 Å². The molecule has 472 valence electrons. The monoisotopic (exact) mass is 1210 g/mol. The van der Waals surface area contributed by atoms with Crippen LogP contribution in [0.25, 0.3) is 77.9 Å². The lowest BCUT2D eigenvalue weighted by Crippen LogP contribution is -2.26. The van der Waals surface area contributed by atoms with Crippen LogP contribution in [-0.4, -0.2) is 7.11 Å². The molecule has 0 saturated carbocycles. The van der Waals surface area contributed by atoms with Gasteiger partial charge in [0.25, 0.3) is 0 Å². The predicted octanol–water partition coefficient (Wildman–Crippen LogP) is 27.6. The molecule has 90 heavy (non-hydrogen) atoms. The summed E-state index contributed by atoms with van der Waals surface area (Å²) in [7, 11) is 1.76. The average Bonchev–Trinajstić information content (AvgIpc) is 1.58. The van der Waals surface area contributed by atoms with Gasteiger partial charge in [-0.3, -0.25) is 0 Å². The van der Waals surface area contributed by atoms with Crippen LogP contribution in [0.1, 0.15) is 268 Å². The van der Waals surface area contributed by atoms with Gasteiger partial charge in [0.15, 0.2) is 0 Å². The first-order chi connectivity index (χ1) is 44.2. The van der Waals surface area contributed by atoms with E-state index in [1.54, 1.807) is 40.5 Å². The highest BCUT2D eigenvalue weighted by Gasteiger charge is 2.46. The normalized spacial score (nSPS) is 14.3. The highest BCUT2D eigenvalue weighted by Crippen LogP contribution is 2.60. The standard InChI is InChI=1S/C88H107ClO/c1-8-14-20-26-52-86(53-27-21-15-9-2)80-58-66(64-32-42-72(89)43-33-64)36-46-74(80)76-48-38-68(60-82(76)86)70-40-50-78-79-51-41-71(63-85(79)88(84(78)62-70,56-30-24-18-12-5)57-31-25-19-13-6)69-39-49-77-75-47-37-67(65-34-44-73(90-7)45-35-65)59-81(75)87(83(77)61-69,54-28-22-16-10-3)55-29-23-17-11-4/h32-51,58-63H,8-31,52-57H2,1-7H3. The Bertz CT molecular complexity index is 3610. The number of benzene rings is 8. The van der Waals surface area contributed by atoms with Crippen LogP contribution in [0.15, 0.2) is 158 Å². The van der Waals surface area contributed by atoms with Gasteiger partial charge < -0.3 is 4.74 Å². The summed E-state index contributed by atoms with van der Waals surface area (Å²) < 4.78 is 5.62. The maximum atomic E-state index is 6.49. The van der Waals surface area contributed by atoms with Crippen molar-refractivity contribution >= 4 is 11.6 Å². The first-order valence-corrected chi connectivity index (χ1v) is 36.9. The Morgan fingerprint density at radius 1 is 0.244 bits per heavy atom. The quantitative estimate of drug-likeness (QED) is 0.0360. The lowest BCUT2D eigenvalue weighted by atomic mass is 9.69. The zero-order chi connectivity index (χ0) is 62.5. The van der Waals surface area contributed by atoms with Crippen molar-refractivity contribution in [3.63, 3.8) is 0 Å². The Balaban J connectivity index is 1.03. The summed E-state index contributed by atoms with van der Waals surface area (Å²) >= 11 is 6.49. The van der Waals surface area contributed by atoms with Gasteiger partial charge >= 0.3 is 0 Å². The molecule has 0 aliphatic heterocycles. The minimum Gasteiger partial charge on any atom is -0.497 e. The summed E-state index contributed by atoms with van der Waals surface area (Å²) in [5.41, 5.74) is 28.6. The van der Waals surface area contributed by atoms with Crippen LogP contribution in [0.5, 0.6) is 5.75 Å². The molecule has 1 nitrogen and oxygen atoms in total. The summed E-state index contributed by atoms with van der Waals surface area (Å²) in [4.78, 5) is 0. The molecule has 0 aromatic heterocycles. The summed E-state index contributed by atoms with van der Waals surface area (Å²) in [5.74, 6) is 0.904. The lowest BCUT2D eigenvalue weighted by Gasteiger charge is -2.34. The van der Waals surface area contributed by atoms with Gasteiger partial charge in [-0.15, -0.1) is 0 Å². The van der Waals surface area contributed by atoms with Crippen molar-refractivity contribution in [3.05, 3.63) is 196 Å². The van der Waals surface area contributed by atoms with E-state index in [1.165, 1.54) is 271 Å². The van der Waals surface area contributed by atoms with E-state index in [9.17, 15) is 0 Å². The second kappa shape index (κ2) is 30.5. The molecule has 0 bridgehead atoms. The molecule has 3 aliphatic carbocycles. The van der Waals surface area contributed by atoms with Crippen molar-refractivity contribution < 1.29 is 4.74 Å². The first kappa shape index (κ1) is 65.3. The summed E-state index contributed by atoms with van der Waals surface area (Å²) in [6, 6.07) is 63.1. The molecule has 0 N–H and O–H groups in total. The zero-order valence-electron chi connectivity index (χ0n) is 56.5. The molecular formula is C88H107ClO. The molecular weight excluding hydrogens is 1110 g/mol. The molecule has 2 heteroatoms. The number of ether oxygens (including phenoxy) is 1. The number of methoxy groups -OCH3 is 1. The minimum absolute atomic E-state index is 0.0409. The molecule has 0 amide bonds. The van der Waals surface area contributed by atoms with Gasteiger partial charge in [0.2, 0.25) is 0 Å². The highest BCUT2D eigenvalue weighted by atomic mass is 35.5. The predicted molar refractivity (Wildman–Crippen MR) is 391 cm³/mol. The van der Waals surface area contributed by atoms with Crippen LogP contribution in [-0.2, 0) is 16.2 Å². The Hall–Kier alpha value is -6.15. The fourth-order valence-electron chi connectivity index (χ4n) is 17.1. The van der Waals surface area contributed by atoms with Crippen molar-refractivity contribution in [2.45, 2.75) is 250 Å². The molecule has 0 saturated heterocycles. The van der Waals surface area contributed by atoms with Crippen molar-refractivity contribution in [2.24, 2.45) is 0 Å². The van der Waals surface area contributed by atoms with E-state index < -0.39 is 0 Å². The van der Waals surface area contributed by atoms with E-state index >= 15 is 0 Å². The summed E-state index contributed by atoms with van der Waals surface area (Å²) in [6.07, 6.45) is 37.6. The Morgan fingerprint density at radius 2 is 0.444 bits per heavy atom. The van der Waals surface area contributed by atoms with Crippen molar-refractivity contribution in [1.82, 2.24) is 0 Å². The smallest absolute Gasteiger partial charge is 0.118 e. The first-order valence-electron chi connectivity index (χ1n) is 36.5. The Labute approximate surface area is 550 Å². The van der Waals surface area contributed by atoms with Crippen LogP contribution >= 0.6 is 11.6 Å². The number of halogens is 1. The van der Waals surface area contributed by atoms with Gasteiger partial charge in [0.05, 0.1) is 7.11 Å². The molecule has 0 heterocycles. The van der Waals surface area contributed by atoms with Crippen LogP contribution in [0.3, 0.4) is 0 Å². The number of hydrogen-bond acceptors (Lipinski definition) is 1. The minimum atomic E-state index is -0.0708. The third-order valence-electron chi connectivity index (χ3n) is 22.1. The van der Waals surface area contributed by atoms with E-state index in [-0.39, 0.29) is 16.2 Å². The topological polar surface area (TPSA) is 9.23 Å². The second-order valence-corrected chi connectivity index (χ2v) is 28.3. The molecule has 0 fully saturated rings. The van der Waals surface area contributed by atoms with Gasteiger partial charge in [-0.05, 0) is 210 Å². The molecule has 3 aliphatic rings. The zero-order valence-corrected chi connectivity index (χ0v) is 57.3. The van der Waals surface area contributed by atoms with Gasteiger partial charge in [-0.2, -0.15) is 0 Å². The molecule has 0 radical (unpaired) electrons.